The van der Waals surface area contributed by atoms with E-state index >= 15 is 0 Å². The van der Waals surface area contributed by atoms with E-state index in [-0.39, 0.29) is 0 Å². The summed E-state index contributed by atoms with van der Waals surface area (Å²) in [6.45, 7) is 3.85. The van der Waals surface area contributed by atoms with Crippen LogP contribution in [0.2, 0.25) is 5.02 Å². The summed E-state index contributed by atoms with van der Waals surface area (Å²) in [6.07, 6.45) is 0. The van der Waals surface area contributed by atoms with E-state index in [1.807, 2.05) is 18.2 Å². The van der Waals surface area contributed by atoms with Crippen molar-refractivity contribution in [2.75, 3.05) is 6.54 Å². The zero-order valence-electron chi connectivity index (χ0n) is 10.3. The molecule has 2 rings (SSSR count). The third-order valence-corrected chi connectivity index (χ3v) is 4.06. The number of nitrogens with one attached hydrogen (secondary N) is 1. The number of rotatable bonds is 5. The number of halogens is 1. The minimum Gasteiger partial charge on any atom is -0.313 e. The van der Waals surface area contributed by atoms with E-state index in [0.29, 0.717) is 0 Å². The number of benzene rings is 2. The molecule has 0 bridgehead atoms. The zero-order valence-corrected chi connectivity index (χ0v) is 11.9. The molecule has 2 aromatic carbocycles. The Balaban J connectivity index is 2.24. The molecule has 0 aliphatic rings. The summed E-state index contributed by atoms with van der Waals surface area (Å²) < 4.78 is 0. The average Bonchev–Trinajstić information content (AvgIpc) is 2.39. The Kier molecular flexibility index (Phi) is 5.12. The highest BCUT2D eigenvalue weighted by atomic mass is 35.5. The lowest BCUT2D eigenvalue weighted by atomic mass is 10.2. The maximum absolute atomic E-state index is 6.28. The molecule has 94 valence electrons. The van der Waals surface area contributed by atoms with Crippen molar-refractivity contribution in [3.8, 4) is 0 Å². The molecular formula is C15H16ClNS. The van der Waals surface area contributed by atoms with Gasteiger partial charge in [-0.3, -0.25) is 0 Å². The maximum Gasteiger partial charge on any atom is 0.0462 e. The molecule has 0 spiro atoms. The van der Waals surface area contributed by atoms with E-state index in [2.05, 4.69) is 42.6 Å². The highest BCUT2D eigenvalue weighted by molar-refractivity contribution is 7.99. The van der Waals surface area contributed by atoms with E-state index in [0.717, 1.165) is 18.1 Å². The molecule has 0 radical (unpaired) electrons. The molecule has 0 heterocycles. The zero-order chi connectivity index (χ0) is 12.8. The van der Waals surface area contributed by atoms with Crippen molar-refractivity contribution < 1.29 is 0 Å². The van der Waals surface area contributed by atoms with Gasteiger partial charge in [-0.05, 0) is 36.4 Å². The molecule has 0 saturated heterocycles. The van der Waals surface area contributed by atoms with Gasteiger partial charge in [0, 0.05) is 21.4 Å². The average molecular weight is 278 g/mol. The highest BCUT2D eigenvalue weighted by Gasteiger charge is 2.07. The smallest absolute Gasteiger partial charge is 0.0462 e. The van der Waals surface area contributed by atoms with Crippen LogP contribution in [0.25, 0.3) is 0 Å². The fourth-order valence-electron chi connectivity index (χ4n) is 1.67. The molecule has 1 nitrogen and oxygen atoms in total. The maximum atomic E-state index is 6.28. The lowest BCUT2D eigenvalue weighted by Crippen LogP contribution is -2.12. The van der Waals surface area contributed by atoms with Crippen LogP contribution in [-0.2, 0) is 6.54 Å². The molecular weight excluding hydrogens is 262 g/mol. The molecule has 2 aromatic rings. The SMILES string of the molecule is CCNCc1c(Cl)cccc1Sc1ccccc1. The van der Waals surface area contributed by atoms with Crippen molar-refractivity contribution in [3.63, 3.8) is 0 Å². The van der Waals surface area contributed by atoms with Crippen molar-refractivity contribution >= 4 is 23.4 Å². The van der Waals surface area contributed by atoms with E-state index in [4.69, 9.17) is 11.6 Å². The van der Waals surface area contributed by atoms with Crippen LogP contribution < -0.4 is 5.32 Å². The second-order valence-corrected chi connectivity index (χ2v) is 5.43. The van der Waals surface area contributed by atoms with Gasteiger partial charge in [-0.1, -0.05) is 54.6 Å². The van der Waals surface area contributed by atoms with Crippen molar-refractivity contribution in [1.82, 2.24) is 5.32 Å². The van der Waals surface area contributed by atoms with Crippen molar-refractivity contribution in [2.45, 2.75) is 23.3 Å². The first-order valence-electron chi connectivity index (χ1n) is 6.02. The molecule has 3 heteroatoms. The Labute approximate surface area is 118 Å². The molecule has 1 N–H and O–H groups in total. The summed E-state index contributed by atoms with van der Waals surface area (Å²) in [5.41, 5.74) is 1.18. The van der Waals surface area contributed by atoms with Crippen molar-refractivity contribution in [2.24, 2.45) is 0 Å². The molecule has 0 aliphatic carbocycles. The van der Waals surface area contributed by atoms with Crippen LogP contribution >= 0.6 is 23.4 Å². The van der Waals surface area contributed by atoms with Crippen LogP contribution in [-0.4, -0.2) is 6.54 Å². The quantitative estimate of drug-likeness (QED) is 0.857. The van der Waals surface area contributed by atoms with Gasteiger partial charge in [0.05, 0.1) is 0 Å². The fourth-order valence-corrected chi connectivity index (χ4v) is 2.97. The Hall–Kier alpha value is -0.960. The number of hydrogen-bond acceptors (Lipinski definition) is 2. The van der Waals surface area contributed by atoms with Gasteiger partial charge >= 0.3 is 0 Å². The second kappa shape index (κ2) is 6.83. The Morgan fingerprint density at radius 1 is 1.06 bits per heavy atom. The molecule has 0 aromatic heterocycles. The lowest BCUT2D eigenvalue weighted by Gasteiger charge is -2.11. The van der Waals surface area contributed by atoms with Gasteiger partial charge in [-0.2, -0.15) is 0 Å². The highest BCUT2D eigenvalue weighted by Crippen LogP contribution is 2.33. The van der Waals surface area contributed by atoms with Crippen molar-refractivity contribution in [1.29, 1.82) is 0 Å². The predicted octanol–water partition coefficient (Wildman–Crippen LogP) is 4.60. The van der Waals surface area contributed by atoms with Gasteiger partial charge < -0.3 is 5.32 Å². The lowest BCUT2D eigenvalue weighted by molar-refractivity contribution is 0.718. The van der Waals surface area contributed by atoms with Crippen LogP contribution in [0.3, 0.4) is 0 Å². The molecule has 18 heavy (non-hydrogen) atoms. The summed E-state index contributed by atoms with van der Waals surface area (Å²) >= 11 is 8.03. The summed E-state index contributed by atoms with van der Waals surface area (Å²) in [4.78, 5) is 2.45. The van der Waals surface area contributed by atoms with Crippen molar-refractivity contribution in [3.05, 3.63) is 59.1 Å². The van der Waals surface area contributed by atoms with Gasteiger partial charge in [0.1, 0.15) is 0 Å². The third kappa shape index (κ3) is 3.52. The normalized spacial score (nSPS) is 10.6. The monoisotopic (exact) mass is 277 g/mol. The minimum absolute atomic E-state index is 0.811. The third-order valence-electron chi connectivity index (χ3n) is 2.60. The van der Waals surface area contributed by atoms with Gasteiger partial charge in [0.25, 0.3) is 0 Å². The summed E-state index contributed by atoms with van der Waals surface area (Å²) in [5.74, 6) is 0. The molecule has 0 atom stereocenters. The number of hydrogen-bond donors (Lipinski definition) is 1. The van der Waals surface area contributed by atoms with E-state index in [9.17, 15) is 0 Å². The molecule has 0 amide bonds. The largest absolute Gasteiger partial charge is 0.313 e. The van der Waals surface area contributed by atoms with Crippen LogP contribution in [0.15, 0.2) is 58.3 Å². The second-order valence-electron chi connectivity index (χ2n) is 3.91. The van der Waals surface area contributed by atoms with Crippen LogP contribution in [0.1, 0.15) is 12.5 Å². The molecule has 0 saturated carbocycles. The van der Waals surface area contributed by atoms with Crippen LogP contribution in [0, 0.1) is 0 Å². The minimum atomic E-state index is 0.811. The van der Waals surface area contributed by atoms with Crippen LogP contribution in [0.4, 0.5) is 0 Å². The van der Waals surface area contributed by atoms with Gasteiger partial charge in [0.15, 0.2) is 0 Å². The Bertz CT molecular complexity index is 499. The first kappa shape index (κ1) is 13.5. The van der Waals surface area contributed by atoms with E-state index in [1.165, 1.54) is 15.4 Å². The summed E-state index contributed by atoms with van der Waals surface area (Å²) in [5, 5.41) is 4.16. The molecule has 0 aliphatic heterocycles. The Morgan fingerprint density at radius 3 is 2.56 bits per heavy atom. The first-order chi connectivity index (χ1) is 8.81. The molecule has 0 unspecified atom stereocenters. The first-order valence-corrected chi connectivity index (χ1v) is 7.21. The molecule has 0 fully saturated rings. The fraction of sp³-hybridized carbons (Fsp3) is 0.200. The van der Waals surface area contributed by atoms with Gasteiger partial charge in [-0.25, -0.2) is 0 Å². The standard InChI is InChI=1S/C15H16ClNS/c1-2-17-11-13-14(16)9-6-10-15(13)18-12-7-4-3-5-8-12/h3-10,17H,2,11H2,1H3. The Morgan fingerprint density at radius 2 is 1.83 bits per heavy atom. The van der Waals surface area contributed by atoms with Gasteiger partial charge in [-0.15, -0.1) is 0 Å². The summed E-state index contributed by atoms with van der Waals surface area (Å²) in [7, 11) is 0. The van der Waals surface area contributed by atoms with E-state index in [1.54, 1.807) is 11.8 Å². The van der Waals surface area contributed by atoms with Gasteiger partial charge in [0.2, 0.25) is 0 Å². The van der Waals surface area contributed by atoms with E-state index < -0.39 is 0 Å². The predicted molar refractivity (Wildman–Crippen MR) is 79.4 cm³/mol. The van der Waals surface area contributed by atoms with Crippen LogP contribution in [0.5, 0.6) is 0 Å². The summed E-state index contributed by atoms with van der Waals surface area (Å²) in [6, 6.07) is 16.4. The topological polar surface area (TPSA) is 12.0 Å².